The minimum atomic E-state index is -0.229. The lowest BCUT2D eigenvalue weighted by molar-refractivity contribution is 0.628. The fourth-order valence-electron chi connectivity index (χ4n) is 3.11. The standard InChI is InChI=1S/C23H19FN2/c24-20-14-12-19(13-15-20)23-17-22(16-11-18-7-3-1-4-8-18)26(25-23)21-9-5-2-6-10-21/h1-16,22H,17H2/b16-11+/t22-/m0/s1. The van der Waals surface area contributed by atoms with Gasteiger partial charge in [0, 0.05) is 6.42 Å². The molecule has 0 unspecified atom stereocenters. The van der Waals surface area contributed by atoms with Gasteiger partial charge in [-0.2, -0.15) is 5.10 Å². The second-order valence-electron chi connectivity index (χ2n) is 6.27. The van der Waals surface area contributed by atoms with E-state index >= 15 is 0 Å². The highest BCUT2D eigenvalue weighted by atomic mass is 19.1. The molecule has 1 heterocycles. The molecule has 1 aliphatic rings. The molecule has 0 aromatic heterocycles. The quantitative estimate of drug-likeness (QED) is 0.609. The number of benzene rings is 3. The Hall–Kier alpha value is -3.20. The highest BCUT2D eigenvalue weighted by Gasteiger charge is 2.26. The maximum absolute atomic E-state index is 13.2. The summed E-state index contributed by atoms with van der Waals surface area (Å²) in [6.07, 6.45) is 5.09. The van der Waals surface area contributed by atoms with E-state index in [1.807, 2.05) is 41.4 Å². The van der Waals surface area contributed by atoms with Gasteiger partial charge in [0.2, 0.25) is 0 Å². The van der Waals surface area contributed by atoms with Gasteiger partial charge in [0.05, 0.1) is 17.4 Å². The number of rotatable bonds is 4. The normalized spacial score (nSPS) is 16.9. The minimum Gasteiger partial charge on any atom is -0.258 e. The summed E-state index contributed by atoms with van der Waals surface area (Å²) in [7, 11) is 0. The Bertz CT molecular complexity index is 915. The summed E-state index contributed by atoms with van der Waals surface area (Å²) in [6, 6.07) is 27.1. The first-order valence-electron chi connectivity index (χ1n) is 8.70. The van der Waals surface area contributed by atoms with Crippen LogP contribution in [0.4, 0.5) is 10.1 Å². The Morgan fingerprint density at radius 2 is 1.50 bits per heavy atom. The van der Waals surface area contributed by atoms with Crippen LogP contribution in [0.3, 0.4) is 0 Å². The van der Waals surface area contributed by atoms with Crippen molar-refractivity contribution in [3.63, 3.8) is 0 Å². The largest absolute Gasteiger partial charge is 0.258 e. The molecule has 4 rings (SSSR count). The van der Waals surface area contributed by atoms with Crippen LogP contribution in [0.25, 0.3) is 6.08 Å². The Morgan fingerprint density at radius 1 is 0.846 bits per heavy atom. The monoisotopic (exact) mass is 342 g/mol. The van der Waals surface area contributed by atoms with Crippen LogP contribution in [0.15, 0.2) is 96.1 Å². The van der Waals surface area contributed by atoms with Gasteiger partial charge in [-0.15, -0.1) is 0 Å². The first kappa shape index (κ1) is 16.3. The molecule has 3 heteroatoms. The smallest absolute Gasteiger partial charge is 0.123 e. The molecule has 128 valence electrons. The first-order chi connectivity index (χ1) is 12.8. The van der Waals surface area contributed by atoms with Crippen LogP contribution in [0.1, 0.15) is 17.5 Å². The van der Waals surface area contributed by atoms with Crippen LogP contribution < -0.4 is 5.01 Å². The molecule has 0 saturated heterocycles. The second kappa shape index (κ2) is 7.36. The first-order valence-corrected chi connectivity index (χ1v) is 8.70. The molecule has 1 aliphatic heterocycles. The van der Waals surface area contributed by atoms with Gasteiger partial charge in [0.25, 0.3) is 0 Å². The molecule has 3 aromatic rings. The number of hydrazone groups is 1. The number of para-hydroxylation sites is 1. The van der Waals surface area contributed by atoms with Crippen LogP contribution in [0, 0.1) is 5.82 Å². The number of halogens is 1. The molecule has 0 radical (unpaired) electrons. The van der Waals surface area contributed by atoms with E-state index in [9.17, 15) is 4.39 Å². The molecule has 0 spiro atoms. The van der Waals surface area contributed by atoms with Gasteiger partial charge in [-0.05, 0) is 35.4 Å². The number of nitrogens with zero attached hydrogens (tertiary/aromatic N) is 2. The van der Waals surface area contributed by atoms with Crippen molar-refractivity contribution >= 4 is 17.5 Å². The highest BCUT2D eigenvalue weighted by molar-refractivity contribution is 6.03. The van der Waals surface area contributed by atoms with Gasteiger partial charge in [0.1, 0.15) is 5.82 Å². The summed E-state index contributed by atoms with van der Waals surface area (Å²) < 4.78 is 13.2. The molecule has 1 atom stereocenters. The van der Waals surface area contributed by atoms with Gasteiger partial charge in [-0.25, -0.2) is 4.39 Å². The SMILES string of the molecule is Fc1ccc(C2=NN(c3ccccc3)[C@@H](/C=C/c3ccccc3)C2)cc1. The third-order valence-electron chi connectivity index (χ3n) is 4.45. The molecule has 0 bridgehead atoms. The van der Waals surface area contributed by atoms with Crippen molar-refractivity contribution in [3.05, 3.63) is 108 Å². The Balaban J connectivity index is 1.65. The Kier molecular flexibility index (Phi) is 4.61. The van der Waals surface area contributed by atoms with Gasteiger partial charge < -0.3 is 0 Å². The van der Waals surface area contributed by atoms with E-state index in [4.69, 9.17) is 5.10 Å². The lowest BCUT2D eigenvalue weighted by atomic mass is 10.0. The molecule has 0 aliphatic carbocycles. The molecule has 2 nitrogen and oxygen atoms in total. The van der Waals surface area contributed by atoms with E-state index in [2.05, 4.69) is 36.4 Å². The molecule has 3 aromatic carbocycles. The summed E-state index contributed by atoms with van der Waals surface area (Å²) in [6.45, 7) is 0. The van der Waals surface area contributed by atoms with Crippen molar-refractivity contribution in [3.8, 4) is 0 Å². The number of hydrogen-bond acceptors (Lipinski definition) is 2. The second-order valence-corrected chi connectivity index (χ2v) is 6.27. The zero-order valence-corrected chi connectivity index (χ0v) is 14.3. The molecule has 0 N–H and O–H groups in total. The average Bonchev–Trinajstić information content (AvgIpc) is 3.13. The fraction of sp³-hybridized carbons (Fsp3) is 0.0870. The van der Waals surface area contributed by atoms with Gasteiger partial charge in [-0.3, -0.25) is 5.01 Å². The molecule has 0 saturated carbocycles. The van der Waals surface area contributed by atoms with Crippen molar-refractivity contribution in [2.24, 2.45) is 5.10 Å². The third kappa shape index (κ3) is 3.57. The van der Waals surface area contributed by atoms with Gasteiger partial charge in [-0.1, -0.05) is 72.8 Å². The van der Waals surface area contributed by atoms with Crippen molar-refractivity contribution < 1.29 is 4.39 Å². The zero-order valence-electron chi connectivity index (χ0n) is 14.3. The summed E-state index contributed by atoms with van der Waals surface area (Å²) in [5.41, 5.74) is 4.14. The highest BCUT2D eigenvalue weighted by Crippen LogP contribution is 2.28. The van der Waals surface area contributed by atoms with Crippen molar-refractivity contribution in [2.45, 2.75) is 12.5 Å². The zero-order chi connectivity index (χ0) is 17.8. The summed E-state index contributed by atoms with van der Waals surface area (Å²) >= 11 is 0. The fourth-order valence-corrected chi connectivity index (χ4v) is 3.11. The van der Waals surface area contributed by atoms with E-state index in [1.165, 1.54) is 12.1 Å². The Morgan fingerprint density at radius 3 is 2.19 bits per heavy atom. The van der Waals surface area contributed by atoms with Gasteiger partial charge in [0.15, 0.2) is 0 Å². The summed E-state index contributed by atoms with van der Waals surface area (Å²) in [4.78, 5) is 0. The molecule has 0 fully saturated rings. The third-order valence-corrected chi connectivity index (χ3v) is 4.45. The van der Waals surface area contributed by atoms with E-state index in [-0.39, 0.29) is 11.9 Å². The van der Waals surface area contributed by atoms with Crippen molar-refractivity contribution in [1.82, 2.24) is 0 Å². The topological polar surface area (TPSA) is 15.6 Å². The van der Waals surface area contributed by atoms with Crippen molar-refractivity contribution in [2.75, 3.05) is 5.01 Å². The van der Waals surface area contributed by atoms with Crippen LogP contribution in [-0.2, 0) is 0 Å². The number of anilines is 1. The lowest BCUT2D eigenvalue weighted by Gasteiger charge is -2.20. The average molecular weight is 342 g/mol. The van der Waals surface area contributed by atoms with E-state index in [0.717, 1.165) is 28.9 Å². The van der Waals surface area contributed by atoms with Crippen LogP contribution in [-0.4, -0.2) is 11.8 Å². The maximum atomic E-state index is 13.2. The lowest BCUT2D eigenvalue weighted by Crippen LogP contribution is -2.23. The van der Waals surface area contributed by atoms with Gasteiger partial charge >= 0.3 is 0 Å². The van der Waals surface area contributed by atoms with Crippen LogP contribution in [0.5, 0.6) is 0 Å². The summed E-state index contributed by atoms with van der Waals surface area (Å²) in [5.74, 6) is -0.229. The molecule has 26 heavy (non-hydrogen) atoms. The Labute approximate surface area is 152 Å². The molecule has 0 amide bonds. The maximum Gasteiger partial charge on any atom is 0.123 e. The van der Waals surface area contributed by atoms with Crippen LogP contribution >= 0.6 is 0 Å². The van der Waals surface area contributed by atoms with E-state index in [1.54, 1.807) is 12.1 Å². The van der Waals surface area contributed by atoms with E-state index in [0.29, 0.717) is 0 Å². The predicted molar refractivity (Wildman–Crippen MR) is 106 cm³/mol. The molecular weight excluding hydrogens is 323 g/mol. The van der Waals surface area contributed by atoms with E-state index < -0.39 is 0 Å². The molecular formula is C23H19FN2. The minimum absolute atomic E-state index is 0.123. The van der Waals surface area contributed by atoms with Crippen LogP contribution in [0.2, 0.25) is 0 Å². The summed E-state index contributed by atoms with van der Waals surface area (Å²) in [5, 5.41) is 6.87. The predicted octanol–water partition coefficient (Wildman–Crippen LogP) is 5.52. The number of hydrogen-bond donors (Lipinski definition) is 0. The van der Waals surface area contributed by atoms with Crippen molar-refractivity contribution in [1.29, 1.82) is 0 Å².